The fourth-order valence-electron chi connectivity index (χ4n) is 2.87. The summed E-state index contributed by atoms with van der Waals surface area (Å²) in [5.74, 6) is -0.921. The van der Waals surface area contributed by atoms with Gasteiger partial charge in [0.2, 0.25) is 0 Å². The number of hydrogen-bond acceptors (Lipinski definition) is 5. The number of alkyl halides is 2. The van der Waals surface area contributed by atoms with Crippen molar-refractivity contribution in [1.29, 1.82) is 0 Å². The Morgan fingerprint density at radius 1 is 1.46 bits per heavy atom. The molecule has 1 aromatic rings. The van der Waals surface area contributed by atoms with Gasteiger partial charge in [-0.15, -0.1) is 0 Å². The lowest BCUT2D eigenvalue weighted by Gasteiger charge is -2.41. The molecule has 0 aliphatic carbocycles. The number of phenolic OH excluding ortho intramolecular Hbond substituents is 1. The van der Waals surface area contributed by atoms with Crippen molar-refractivity contribution >= 4 is 11.6 Å². The Morgan fingerprint density at radius 2 is 2.17 bits per heavy atom. The van der Waals surface area contributed by atoms with Crippen LogP contribution in [0.2, 0.25) is 0 Å². The molecule has 0 unspecified atom stereocenters. The van der Waals surface area contributed by atoms with E-state index in [0.717, 1.165) is 12.1 Å². The predicted molar refractivity (Wildman–Crippen MR) is 82.3 cm³/mol. The van der Waals surface area contributed by atoms with Gasteiger partial charge in [0.05, 0.1) is 23.1 Å². The Kier molecular flexibility index (Phi) is 5.66. The summed E-state index contributed by atoms with van der Waals surface area (Å²) < 4.78 is 25.2. The molecule has 2 rings (SSSR count). The highest BCUT2D eigenvalue weighted by molar-refractivity contribution is 5.97. The van der Waals surface area contributed by atoms with Gasteiger partial charge in [-0.3, -0.25) is 19.8 Å². The minimum absolute atomic E-state index is 0.0298. The lowest BCUT2D eigenvalue weighted by Crippen LogP contribution is -2.55. The van der Waals surface area contributed by atoms with E-state index in [1.165, 1.54) is 11.0 Å². The summed E-state index contributed by atoms with van der Waals surface area (Å²) in [6.45, 7) is 2.39. The number of halogens is 2. The van der Waals surface area contributed by atoms with Gasteiger partial charge in [-0.2, -0.15) is 0 Å². The summed E-state index contributed by atoms with van der Waals surface area (Å²) in [6.07, 6.45) is -1.82. The first-order chi connectivity index (χ1) is 11.3. The highest BCUT2D eigenvalue weighted by atomic mass is 19.3. The molecule has 7 nitrogen and oxygen atoms in total. The second kappa shape index (κ2) is 7.52. The van der Waals surface area contributed by atoms with Crippen LogP contribution in [0.15, 0.2) is 18.2 Å². The monoisotopic (exact) mass is 343 g/mol. The summed E-state index contributed by atoms with van der Waals surface area (Å²) in [4.78, 5) is 25.7. The quantitative estimate of drug-likeness (QED) is 0.653. The second-order valence-electron chi connectivity index (χ2n) is 5.66. The molecule has 0 saturated carbocycles. The molecule has 0 bridgehead atoms. The van der Waals surface area contributed by atoms with Gasteiger partial charge < -0.3 is 10.0 Å². The number of nitrogens with zero attached hydrogens (tertiary/aromatic N) is 3. The zero-order valence-corrected chi connectivity index (χ0v) is 13.2. The number of benzene rings is 1. The minimum atomic E-state index is -2.43. The van der Waals surface area contributed by atoms with Crippen LogP contribution in [0.3, 0.4) is 0 Å². The van der Waals surface area contributed by atoms with Crippen molar-refractivity contribution in [3.05, 3.63) is 33.9 Å². The van der Waals surface area contributed by atoms with Crippen LogP contribution in [0.1, 0.15) is 23.7 Å². The topological polar surface area (TPSA) is 86.9 Å². The van der Waals surface area contributed by atoms with Gasteiger partial charge >= 0.3 is 0 Å². The molecule has 132 valence electrons. The van der Waals surface area contributed by atoms with Crippen LogP contribution in [0.25, 0.3) is 0 Å². The summed E-state index contributed by atoms with van der Waals surface area (Å²) in [6, 6.07) is 3.11. The van der Waals surface area contributed by atoms with Crippen molar-refractivity contribution in [3.8, 4) is 5.75 Å². The Bertz CT molecular complexity index is 627. The summed E-state index contributed by atoms with van der Waals surface area (Å²) in [5, 5.41) is 20.5. The molecule has 1 amide bonds. The Hall–Kier alpha value is -2.29. The predicted octanol–water partition coefficient (Wildman–Crippen LogP) is 2.10. The number of rotatable bonds is 5. The van der Waals surface area contributed by atoms with E-state index in [4.69, 9.17) is 0 Å². The molecule has 1 aliphatic rings. The Morgan fingerprint density at radius 3 is 2.71 bits per heavy atom. The second-order valence-corrected chi connectivity index (χ2v) is 5.66. The molecule has 9 heteroatoms. The molecule has 1 atom stereocenters. The number of non-ortho nitro benzene ring substituents is 1. The molecule has 1 aliphatic heterocycles. The fourth-order valence-corrected chi connectivity index (χ4v) is 2.87. The third kappa shape index (κ3) is 3.97. The zero-order valence-electron chi connectivity index (χ0n) is 13.2. The highest BCUT2D eigenvalue weighted by Gasteiger charge is 2.31. The molecule has 0 spiro atoms. The van der Waals surface area contributed by atoms with E-state index in [1.807, 2.05) is 6.92 Å². The number of carbonyl (C=O) groups excluding carboxylic acids is 1. The molecule has 1 fully saturated rings. The Balaban J connectivity index is 2.12. The molecule has 1 aromatic carbocycles. The third-order valence-electron chi connectivity index (χ3n) is 4.16. The van der Waals surface area contributed by atoms with Crippen LogP contribution in [-0.4, -0.2) is 64.4 Å². The van der Waals surface area contributed by atoms with Crippen LogP contribution in [-0.2, 0) is 0 Å². The van der Waals surface area contributed by atoms with Crippen LogP contribution in [0.5, 0.6) is 5.75 Å². The van der Waals surface area contributed by atoms with Crippen LogP contribution < -0.4 is 0 Å². The van der Waals surface area contributed by atoms with Crippen molar-refractivity contribution < 1.29 is 23.6 Å². The molecule has 0 aromatic heterocycles. The molecule has 0 radical (unpaired) electrons. The van der Waals surface area contributed by atoms with E-state index in [2.05, 4.69) is 0 Å². The van der Waals surface area contributed by atoms with Gasteiger partial charge in [0, 0.05) is 31.7 Å². The van der Waals surface area contributed by atoms with E-state index in [1.54, 1.807) is 4.90 Å². The average Bonchev–Trinajstić information content (AvgIpc) is 2.53. The van der Waals surface area contributed by atoms with Gasteiger partial charge in [-0.1, -0.05) is 6.92 Å². The van der Waals surface area contributed by atoms with E-state index in [0.29, 0.717) is 13.0 Å². The van der Waals surface area contributed by atoms with E-state index in [9.17, 15) is 28.8 Å². The summed E-state index contributed by atoms with van der Waals surface area (Å²) in [7, 11) is 0. The highest BCUT2D eigenvalue weighted by Crippen LogP contribution is 2.26. The summed E-state index contributed by atoms with van der Waals surface area (Å²) in [5.41, 5.74) is -0.338. The lowest BCUT2D eigenvalue weighted by molar-refractivity contribution is -0.384. The normalized spacial score (nSPS) is 18.8. The van der Waals surface area contributed by atoms with Gasteiger partial charge in [0.15, 0.2) is 0 Å². The first-order valence-corrected chi connectivity index (χ1v) is 7.62. The van der Waals surface area contributed by atoms with Crippen molar-refractivity contribution in [3.63, 3.8) is 0 Å². The first-order valence-electron chi connectivity index (χ1n) is 7.62. The smallest absolute Gasteiger partial charge is 0.273 e. The van der Waals surface area contributed by atoms with E-state index >= 15 is 0 Å². The number of carbonyl (C=O) groups is 1. The SMILES string of the molecule is CC[C@@H]1CN(C(=O)c2ccc([N+](=O)[O-])cc2O)CCN1CC(F)F. The number of aromatic hydroxyl groups is 1. The number of nitro groups is 1. The summed E-state index contributed by atoms with van der Waals surface area (Å²) >= 11 is 0. The van der Waals surface area contributed by atoms with Crippen molar-refractivity contribution in [2.24, 2.45) is 0 Å². The van der Waals surface area contributed by atoms with Gasteiger partial charge in [0.25, 0.3) is 18.0 Å². The maximum Gasteiger partial charge on any atom is 0.273 e. The molecule has 1 heterocycles. The number of hydrogen-bond donors (Lipinski definition) is 1. The number of amides is 1. The lowest BCUT2D eigenvalue weighted by atomic mass is 10.1. The first kappa shape index (κ1) is 18.1. The van der Waals surface area contributed by atoms with E-state index < -0.39 is 23.0 Å². The third-order valence-corrected chi connectivity index (χ3v) is 4.16. The Labute approximate surface area is 137 Å². The largest absolute Gasteiger partial charge is 0.507 e. The van der Waals surface area contributed by atoms with Crippen molar-refractivity contribution in [1.82, 2.24) is 9.80 Å². The zero-order chi connectivity index (χ0) is 17.9. The van der Waals surface area contributed by atoms with Crippen molar-refractivity contribution in [2.75, 3.05) is 26.2 Å². The molecule has 24 heavy (non-hydrogen) atoms. The number of nitro benzene ring substituents is 1. The molecule has 1 N–H and O–H groups in total. The van der Waals surface area contributed by atoms with Gasteiger partial charge in [0.1, 0.15) is 5.75 Å². The molecular weight excluding hydrogens is 324 g/mol. The molecular formula is C15H19F2N3O4. The average molecular weight is 343 g/mol. The van der Waals surface area contributed by atoms with Gasteiger partial charge in [-0.25, -0.2) is 8.78 Å². The van der Waals surface area contributed by atoms with Crippen LogP contribution in [0, 0.1) is 10.1 Å². The maximum absolute atomic E-state index is 12.6. The van der Waals surface area contributed by atoms with Crippen LogP contribution in [0.4, 0.5) is 14.5 Å². The minimum Gasteiger partial charge on any atom is -0.507 e. The van der Waals surface area contributed by atoms with Crippen LogP contribution >= 0.6 is 0 Å². The van der Waals surface area contributed by atoms with Crippen molar-refractivity contribution in [2.45, 2.75) is 25.8 Å². The fraction of sp³-hybridized carbons (Fsp3) is 0.533. The number of phenols is 1. The standard InChI is InChI=1S/C15H19F2N3O4/c1-2-10-8-19(6-5-18(10)9-14(16)17)15(22)12-4-3-11(20(23)24)7-13(12)21/h3-4,7,10,14,21H,2,5-6,8-9H2,1H3/t10-/m1/s1. The van der Waals surface area contributed by atoms with Gasteiger partial charge in [-0.05, 0) is 12.5 Å². The maximum atomic E-state index is 12.6. The van der Waals surface area contributed by atoms with E-state index in [-0.39, 0.29) is 36.9 Å². The number of piperazine rings is 1. The molecule has 1 saturated heterocycles.